The van der Waals surface area contributed by atoms with Crippen LogP contribution in [0.5, 0.6) is 0 Å². The van der Waals surface area contributed by atoms with Crippen LogP contribution in [0.3, 0.4) is 0 Å². The van der Waals surface area contributed by atoms with Crippen LogP contribution in [0.25, 0.3) is 0 Å². The van der Waals surface area contributed by atoms with Gasteiger partial charge in [0.2, 0.25) is 0 Å². The van der Waals surface area contributed by atoms with Gasteiger partial charge in [0.15, 0.2) is 0 Å². The molecule has 0 radical (unpaired) electrons. The number of thioether (sulfide) groups is 1. The maximum absolute atomic E-state index is 5.43. The maximum Gasteiger partial charge on any atom is 0.0269 e. The van der Waals surface area contributed by atoms with E-state index in [1.54, 1.807) is 0 Å². The molecule has 1 aromatic rings. The quantitative estimate of drug-likeness (QED) is 0.840. The molecule has 3 heteroatoms. The first-order valence-corrected chi connectivity index (χ1v) is 5.26. The fourth-order valence-corrected chi connectivity index (χ4v) is 1.90. The molecule has 0 aromatic heterocycles. The predicted molar refractivity (Wildman–Crippen MR) is 63.6 cm³/mol. The lowest BCUT2D eigenvalue weighted by Crippen LogP contribution is -2.02. The Hall–Kier alpha value is -0.180. The molecule has 0 heterocycles. The van der Waals surface area contributed by atoms with Crippen LogP contribution >= 0.6 is 24.2 Å². The van der Waals surface area contributed by atoms with Crippen LogP contribution < -0.4 is 5.73 Å². The van der Waals surface area contributed by atoms with Crippen LogP contribution in [0.15, 0.2) is 30.3 Å². The molecule has 0 saturated carbocycles. The van der Waals surface area contributed by atoms with Crippen molar-refractivity contribution in [2.45, 2.75) is 12.2 Å². The third kappa shape index (κ3) is 4.55. The Kier molecular flexibility index (Phi) is 7.14. The monoisotopic (exact) mass is 217 g/mol. The van der Waals surface area contributed by atoms with Crippen molar-refractivity contribution >= 4 is 24.2 Å². The number of hydrogen-bond donors (Lipinski definition) is 1. The van der Waals surface area contributed by atoms with Gasteiger partial charge in [0.05, 0.1) is 0 Å². The first-order chi connectivity index (χ1) is 5.84. The van der Waals surface area contributed by atoms with E-state index >= 15 is 0 Å². The average molecular weight is 218 g/mol. The summed E-state index contributed by atoms with van der Waals surface area (Å²) in [6.07, 6.45) is 0. The molecule has 1 nitrogen and oxygen atoms in total. The predicted octanol–water partition coefficient (Wildman–Crippen LogP) is 2.86. The summed E-state index contributed by atoms with van der Waals surface area (Å²) < 4.78 is 0. The van der Waals surface area contributed by atoms with Gasteiger partial charge in [-0.15, -0.1) is 12.4 Å². The van der Waals surface area contributed by atoms with Gasteiger partial charge in [-0.3, -0.25) is 0 Å². The molecule has 1 unspecified atom stereocenters. The smallest absolute Gasteiger partial charge is 0.0269 e. The third-order valence-electron chi connectivity index (χ3n) is 1.75. The Morgan fingerprint density at radius 2 is 1.92 bits per heavy atom. The van der Waals surface area contributed by atoms with Gasteiger partial charge in [0.1, 0.15) is 0 Å². The van der Waals surface area contributed by atoms with Crippen LogP contribution in [-0.2, 0) is 0 Å². The molecule has 0 aliphatic rings. The van der Waals surface area contributed by atoms with Crippen molar-refractivity contribution in [1.82, 2.24) is 0 Å². The van der Waals surface area contributed by atoms with Crippen molar-refractivity contribution in [2.75, 3.05) is 12.3 Å². The van der Waals surface area contributed by atoms with E-state index in [4.69, 9.17) is 5.73 Å². The molecule has 1 rings (SSSR count). The summed E-state index contributed by atoms with van der Waals surface area (Å²) in [7, 11) is 0. The number of nitrogens with two attached hydrogens (primary N) is 1. The molecule has 0 fully saturated rings. The summed E-state index contributed by atoms with van der Waals surface area (Å²) in [4.78, 5) is 0. The SMILES string of the molecule is CC(SCCN)c1ccccc1.Cl. The lowest BCUT2D eigenvalue weighted by molar-refractivity contribution is 1.08. The fraction of sp³-hybridized carbons (Fsp3) is 0.400. The summed E-state index contributed by atoms with van der Waals surface area (Å²) >= 11 is 1.90. The highest BCUT2D eigenvalue weighted by molar-refractivity contribution is 7.99. The molecular formula is C10H16ClNS. The van der Waals surface area contributed by atoms with Crippen LogP contribution in [0.1, 0.15) is 17.7 Å². The van der Waals surface area contributed by atoms with Crippen molar-refractivity contribution in [3.63, 3.8) is 0 Å². The molecule has 0 bridgehead atoms. The second kappa shape index (κ2) is 7.25. The van der Waals surface area contributed by atoms with Gasteiger partial charge in [-0.1, -0.05) is 30.3 Å². The van der Waals surface area contributed by atoms with Gasteiger partial charge >= 0.3 is 0 Å². The van der Waals surface area contributed by atoms with Gasteiger partial charge in [0.25, 0.3) is 0 Å². The van der Waals surface area contributed by atoms with E-state index in [0.717, 1.165) is 12.3 Å². The summed E-state index contributed by atoms with van der Waals surface area (Å²) in [6.45, 7) is 2.98. The number of benzene rings is 1. The first kappa shape index (κ1) is 12.8. The summed E-state index contributed by atoms with van der Waals surface area (Å²) in [5, 5.41) is 0.565. The number of rotatable bonds is 4. The van der Waals surface area contributed by atoms with Crippen LogP contribution in [0.4, 0.5) is 0 Å². The lowest BCUT2D eigenvalue weighted by atomic mass is 10.2. The molecule has 0 saturated heterocycles. The van der Waals surface area contributed by atoms with E-state index in [9.17, 15) is 0 Å². The van der Waals surface area contributed by atoms with E-state index in [0.29, 0.717) is 5.25 Å². The normalized spacial score (nSPS) is 11.8. The van der Waals surface area contributed by atoms with Crippen LogP contribution in [0, 0.1) is 0 Å². The second-order valence-corrected chi connectivity index (χ2v) is 4.16. The Morgan fingerprint density at radius 1 is 1.31 bits per heavy atom. The van der Waals surface area contributed by atoms with E-state index < -0.39 is 0 Å². The largest absolute Gasteiger partial charge is 0.330 e. The maximum atomic E-state index is 5.43. The molecule has 0 amide bonds. The minimum Gasteiger partial charge on any atom is -0.330 e. The minimum atomic E-state index is 0. The highest BCUT2D eigenvalue weighted by atomic mass is 35.5. The molecule has 1 atom stereocenters. The highest BCUT2D eigenvalue weighted by Crippen LogP contribution is 2.26. The zero-order valence-corrected chi connectivity index (χ0v) is 9.41. The molecular weight excluding hydrogens is 202 g/mol. The van der Waals surface area contributed by atoms with Crippen LogP contribution in [-0.4, -0.2) is 12.3 Å². The Morgan fingerprint density at radius 3 is 2.46 bits per heavy atom. The number of hydrogen-bond acceptors (Lipinski definition) is 2. The summed E-state index contributed by atoms with van der Waals surface area (Å²) in [6, 6.07) is 10.5. The summed E-state index contributed by atoms with van der Waals surface area (Å²) in [5.41, 5.74) is 6.82. The highest BCUT2D eigenvalue weighted by Gasteiger charge is 2.02. The van der Waals surface area contributed by atoms with E-state index in [1.807, 2.05) is 17.8 Å². The molecule has 2 N–H and O–H groups in total. The van der Waals surface area contributed by atoms with Crippen molar-refractivity contribution in [3.05, 3.63) is 35.9 Å². The standard InChI is InChI=1S/C10H15NS.ClH/c1-9(12-8-7-11)10-5-3-2-4-6-10;/h2-6,9H,7-8,11H2,1H3;1H. The second-order valence-electron chi connectivity index (χ2n) is 2.71. The van der Waals surface area contributed by atoms with Crippen molar-refractivity contribution in [1.29, 1.82) is 0 Å². The topological polar surface area (TPSA) is 26.0 Å². The molecule has 0 spiro atoms. The molecule has 1 aromatic carbocycles. The Labute approximate surface area is 90.5 Å². The van der Waals surface area contributed by atoms with Gasteiger partial charge < -0.3 is 5.73 Å². The van der Waals surface area contributed by atoms with Crippen LogP contribution in [0.2, 0.25) is 0 Å². The van der Waals surface area contributed by atoms with Crippen molar-refractivity contribution in [2.24, 2.45) is 5.73 Å². The zero-order chi connectivity index (χ0) is 8.81. The number of halogens is 1. The molecule has 0 aliphatic heterocycles. The average Bonchev–Trinajstić information content (AvgIpc) is 2.15. The Bertz CT molecular complexity index is 215. The lowest BCUT2D eigenvalue weighted by Gasteiger charge is -2.09. The summed E-state index contributed by atoms with van der Waals surface area (Å²) in [5.74, 6) is 1.04. The molecule has 74 valence electrons. The van der Waals surface area contributed by atoms with E-state index in [-0.39, 0.29) is 12.4 Å². The minimum absolute atomic E-state index is 0. The first-order valence-electron chi connectivity index (χ1n) is 4.21. The van der Waals surface area contributed by atoms with E-state index in [1.165, 1.54) is 5.56 Å². The van der Waals surface area contributed by atoms with Gasteiger partial charge in [-0.2, -0.15) is 11.8 Å². The molecule has 0 aliphatic carbocycles. The van der Waals surface area contributed by atoms with Gasteiger partial charge in [0, 0.05) is 17.5 Å². The Balaban J connectivity index is 0.00000144. The fourth-order valence-electron chi connectivity index (χ4n) is 1.07. The van der Waals surface area contributed by atoms with Crippen molar-refractivity contribution in [3.8, 4) is 0 Å². The van der Waals surface area contributed by atoms with Gasteiger partial charge in [-0.25, -0.2) is 0 Å². The third-order valence-corrected chi connectivity index (χ3v) is 3.00. The van der Waals surface area contributed by atoms with Crippen molar-refractivity contribution < 1.29 is 0 Å². The van der Waals surface area contributed by atoms with E-state index in [2.05, 4.69) is 31.2 Å². The zero-order valence-electron chi connectivity index (χ0n) is 7.77. The van der Waals surface area contributed by atoms with Gasteiger partial charge in [-0.05, 0) is 12.5 Å². The molecule has 13 heavy (non-hydrogen) atoms.